The quantitative estimate of drug-likeness (QED) is 0.880. The zero-order chi connectivity index (χ0) is 13.2. The molecule has 1 aliphatic rings. The van der Waals surface area contributed by atoms with Gasteiger partial charge in [-0.3, -0.25) is 4.79 Å². The molecule has 2 rings (SSSR count). The Kier molecular flexibility index (Phi) is 3.87. The summed E-state index contributed by atoms with van der Waals surface area (Å²) < 4.78 is 0. The molecular weight excluding hydrogens is 248 g/mol. The van der Waals surface area contributed by atoms with E-state index in [1.165, 1.54) is 0 Å². The number of aromatic nitrogens is 1. The third-order valence-corrected chi connectivity index (χ3v) is 4.18. The molecule has 1 aromatic rings. The molecule has 0 spiro atoms. The molecule has 0 atom stereocenters. The third-order valence-electron chi connectivity index (χ3n) is 3.35. The minimum absolute atomic E-state index is 0.156. The number of carbonyl (C=O) groups excluding carboxylic acids is 1. The topological polar surface area (TPSA) is 62.5 Å². The van der Waals surface area contributed by atoms with Crippen LogP contribution in [-0.4, -0.2) is 48.5 Å². The molecule has 0 saturated carbocycles. The fraction of sp³-hybridized carbons (Fsp3) is 0.667. The summed E-state index contributed by atoms with van der Waals surface area (Å²) in [5, 5.41) is 3.02. The Balaban J connectivity index is 1.93. The minimum Gasteiger partial charge on any atom is -0.345 e. The van der Waals surface area contributed by atoms with Gasteiger partial charge in [-0.15, -0.1) is 11.3 Å². The molecule has 0 aromatic carbocycles. The first-order chi connectivity index (χ1) is 8.54. The van der Waals surface area contributed by atoms with Crippen molar-refractivity contribution in [3.05, 3.63) is 11.6 Å². The largest absolute Gasteiger partial charge is 0.345 e. The summed E-state index contributed by atoms with van der Waals surface area (Å²) >= 11 is 1.64. The highest BCUT2D eigenvalue weighted by atomic mass is 32.1. The summed E-state index contributed by atoms with van der Waals surface area (Å²) in [7, 11) is 0. The van der Waals surface area contributed by atoms with Gasteiger partial charge in [-0.05, 0) is 13.8 Å². The Bertz CT molecular complexity index is 396. The van der Waals surface area contributed by atoms with E-state index in [4.69, 9.17) is 5.73 Å². The second-order valence-electron chi connectivity index (χ2n) is 5.18. The molecule has 0 aliphatic carbocycles. The van der Waals surface area contributed by atoms with Gasteiger partial charge in [0.2, 0.25) is 5.91 Å². The van der Waals surface area contributed by atoms with Gasteiger partial charge >= 0.3 is 0 Å². The van der Waals surface area contributed by atoms with Gasteiger partial charge in [0.25, 0.3) is 0 Å². The SMILES string of the molecule is CC(C)(CN)C(=O)N1CCN(c2nccs2)CC1. The molecule has 2 N–H and O–H groups in total. The second kappa shape index (κ2) is 5.24. The number of hydrogen-bond donors (Lipinski definition) is 1. The van der Waals surface area contributed by atoms with E-state index < -0.39 is 5.41 Å². The van der Waals surface area contributed by atoms with Crippen molar-refractivity contribution in [1.29, 1.82) is 0 Å². The fourth-order valence-electron chi connectivity index (χ4n) is 1.99. The van der Waals surface area contributed by atoms with Gasteiger partial charge in [-0.25, -0.2) is 4.98 Å². The number of nitrogens with two attached hydrogens (primary N) is 1. The number of piperazine rings is 1. The number of carbonyl (C=O) groups is 1. The lowest BCUT2D eigenvalue weighted by Crippen LogP contribution is -2.53. The molecule has 0 unspecified atom stereocenters. The number of amides is 1. The van der Waals surface area contributed by atoms with Crippen molar-refractivity contribution in [3.8, 4) is 0 Å². The smallest absolute Gasteiger partial charge is 0.229 e. The first-order valence-corrected chi connectivity index (χ1v) is 7.06. The van der Waals surface area contributed by atoms with Crippen LogP contribution < -0.4 is 10.6 Å². The summed E-state index contributed by atoms with van der Waals surface area (Å²) in [5.74, 6) is 0.156. The molecule has 0 radical (unpaired) electrons. The Morgan fingerprint density at radius 2 is 2.11 bits per heavy atom. The van der Waals surface area contributed by atoms with E-state index in [0.29, 0.717) is 6.54 Å². The molecule has 0 bridgehead atoms. The first kappa shape index (κ1) is 13.3. The highest BCUT2D eigenvalue weighted by molar-refractivity contribution is 7.13. The maximum absolute atomic E-state index is 12.3. The lowest BCUT2D eigenvalue weighted by atomic mass is 9.91. The average Bonchev–Trinajstić information content (AvgIpc) is 2.92. The van der Waals surface area contributed by atoms with Crippen LogP contribution in [0.2, 0.25) is 0 Å². The third kappa shape index (κ3) is 2.64. The van der Waals surface area contributed by atoms with E-state index in [1.807, 2.05) is 30.3 Å². The van der Waals surface area contributed by atoms with Crippen molar-refractivity contribution in [3.63, 3.8) is 0 Å². The van der Waals surface area contributed by atoms with Gasteiger partial charge in [0.15, 0.2) is 5.13 Å². The second-order valence-corrected chi connectivity index (χ2v) is 6.05. The van der Waals surface area contributed by atoms with E-state index in [2.05, 4.69) is 9.88 Å². The summed E-state index contributed by atoms with van der Waals surface area (Å²) in [6.07, 6.45) is 1.81. The monoisotopic (exact) mass is 268 g/mol. The van der Waals surface area contributed by atoms with E-state index >= 15 is 0 Å². The van der Waals surface area contributed by atoms with Crippen LogP contribution in [-0.2, 0) is 4.79 Å². The summed E-state index contributed by atoms with van der Waals surface area (Å²) in [6, 6.07) is 0. The molecule has 18 heavy (non-hydrogen) atoms. The van der Waals surface area contributed by atoms with Crippen LogP contribution in [0.15, 0.2) is 11.6 Å². The minimum atomic E-state index is -0.455. The molecule has 2 heterocycles. The number of thiazole rings is 1. The normalized spacial score (nSPS) is 17.1. The van der Waals surface area contributed by atoms with Gasteiger partial charge in [-0.1, -0.05) is 0 Å². The van der Waals surface area contributed by atoms with Crippen molar-refractivity contribution in [2.75, 3.05) is 37.6 Å². The van der Waals surface area contributed by atoms with Crippen molar-refractivity contribution < 1.29 is 4.79 Å². The standard InChI is InChI=1S/C12H20N4OS/c1-12(2,9-13)10(17)15-4-6-16(7-5-15)11-14-3-8-18-11/h3,8H,4-7,9,13H2,1-2H3. The molecule has 6 heteroatoms. The summed E-state index contributed by atoms with van der Waals surface area (Å²) in [6.45, 7) is 7.40. The summed E-state index contributed by atoms with van der Waals surface area (Å²) in [5.41, 5.74) is 5.20. The van der Waals surface area contributed by atoms with Crippen molar-refractivity contribution in [2.24, 2.45) is 11.1 Å². The molecule has 5 nitrogen and oxygen atoms in total. The molecule has 1 fully saturated rings. The molecule has 1 amide bonds. The molecule has 1 aromatic heterocycles. The first-order valence-electron chi connectivity index (χ1n) is 6.18. The van der Waals surface area contributed by atoms with Crippen LogP contribution in [0.4, 0.5) is 5.13 Å². The Morgan fingerprint density at radius 3 is 2.61 bits per heavy atom. The number of anilines is 1. The molecular formula is C12H20N4OS. The van der Waals surface area contributed by atoms with Gasteiger partial charge in [-0.2, -0.15) is 0 Å². The maximum atomic E-state index is 12.3. The fourth-order valence-corrected chi connectivity index (χ4v) is 2.69. The van der Waals surface area contributed by atoms with Crippen LogP contribution >= 0.6 is 11.3 Å². The van der Waals surface area contributed by atoms with Crippen LogP contribution in [0.3, 0.4) is 0 Å². The van der Waals surface area contributed by atoms with E-state index in [0.717, 1.165) is 31.3 Å². The zero-order valence-electron chi connectivity index (χ0n) is 10.9. The van der Waals surface area contributed by atoms with Gasteiger partial charge in [0, 0.05) is 44.3 Å². The number of hydrogen-bond acceptors (Lipinski definition) is 5. The van der Waals surface area contributed by atoms with Crippen LogP contribution in [0.25, 0.3) is 0 Å². The molecule has 1 saturated heterocycles. The Hall–Kier alpha value is -1.14. The predicted octanol–water partition coefficient (Wildman–Crippen LogP) is 0.777. The Labute approximate surface area is 112 Å². The van der Waals surface area contributed by atoms with Crippen LogP contribution in [0.5, 0.6) is 0 Å². The highest BCUT2D eigenvalue weighted by Crippen LogP contribution is 2.22. The van der Waals surface area contributed by atoms with E-state index in [1.54, 1.807) is 11.3 Å². The predicted molar refractivity (Wildman–Crippen MR) is 73.7 cm³/mol. The lowest BCUT2D eigenvalue weighted by Gasteiger charge is -2.38. The van der Waals surface area contributed by atoms with E-state index in [9.17, 15) is 4.79 Å². The molecule has 100 valence electrons. The van der Waals surface area contributed by atoms with Crippen molar-refractivity contribution in [1.82, 2.24) is 9.88 Å². The lowest BCUT2D eigenvalue weighted by molar-refractivity contribution is -0.140. The zero-order valence-corrected chi connectivity index (χ0v) is 11.7. The number of nitrogens with zero attached hydrogens (tertiary/aromatic N) is 3. The van der Waals surface area contributed by atoms with E-state index in [-0.39, 0.29) is 5.91 Å². The van der Waals surface area contributed by atoms with Gasteiger partial charge in [0.1, 0.15) is 0 Å². The van der Waals surface area contributed by atoms with Crippen molar-refractivity contribution >= 4 is 22.4 Å². The average molecular weight is 268 g/mol. The maximum Gasteiger partial charge on any atom is 0.229 e. The van der Waals surface area contributed by atoms with Crippen LogP contribution in [0, 0.1) is 5.41 Å². The summed E-state index contributed by atoms with van der Waals surface area (Å²) in [4.78, 5) is 20.7. The van der Waals surface area contributed by atoms with Gasteiger partial charge < -0.3 is 15.5 Å². The van der Waals surface area contributed by atoms with Crippen LogP contribution in [0.1, 0.15) is 13.8 Å². The highest BCUT2D eigenvalue weighted by Gasteiger charge is 2.32. The molecule has 1 aliphatic heterocycles. The van der Waals surface area contributed by atoms with Gasteiger partial charge in [0.05, 0.1) is 5.41 Å². The number of rotatable bonds is 3. The van der Waals surface area contributed by atoms with Crippen molar-refractivity contribution in [2.45, 2.75) is 13.8 Å². The Morgan fingerprint density at radius 1 is 1.44 bits per heavy atom.